The first-order valence-corrected chi connectivity index (χ1v) is 5.47. The Bertz CT molecular complexity index is 540. The van der Waals surface area contributed by atoms with Crippen LogP contribution in [-0.2, 0) is 4.74 Å². The minimum Gasteiger partial charge on any atom is -0.394 e. The summed E-state index contributed by atoms with van der Waals surface area (Å²) in [6.07, 6.45) is 2.26. The Balaban J connectivity index is 1.99. The first-order valence-electron chi connectivity index (χ1n) is 5.47. The zero-order valence-corrected chi connectivity index (χ0v) is 9.15. The second-order valence-electron chi connectivity index (χ2n) is 4.13. The molecule has 1 fully saturated rings. The number of aliphatic hydroxyl groups is 1. The van der Waals surface area contributed by atoms with Crippen molar-refractivity contribution in [3.05, 3.63) is 12.3 Å². The molecule has 1 saturated heterocycles. The lowest BCUT2D eigenvalue weighted by Crippen LogP contribution is -2.12. The molecule has 1 aliphatic rings. The summed E-state index contributed by atoms with van der Waals surface area (Å²) in [5, 5.41) is 17.2. The average molecular weight is 235 g/mol. The molecular weight excluding hydrogens is 222 g/mol. The second kappa shape index (κ2) is 3.94. The van der Waals surface area contributed by atoms with Gasteiger partial charge in [-0.05, 0) is 6.07 Å². The zero-order valence-electron chi connectivity index (χ0n) is 9.15. The summed E-state index contributed by atoms with van der Waals surface area (Å²) in [5.74, 6) is 0.381. The maximum Gasteiger partial charge on any atom is 0.155 e. The molecule has 0 saturated carbocycles. The van der Waals surface area contributed by atoms with Gasteiger partial charge < -0.3 is 15.6 Å². The predicted molar refractivity (Wildman–Crippen MR) is 60.2 cm³/mol. The van der Waals surface area contributed by atoms with Crippen molar-refractivity contribution in [3.63, 3.8) is 0 Å². The van der Waals surface area contributed by atoms with Crippen LogP contribution in [0.5, 0.6) is 0 Å². The number of fused-ring (bicyclic) bond motifs is 1. The molecule has 17 heavy (non-hydrogen) atoms. The van der Waals surface area contributed by atoms with Crippen molar-refractivity contribution in [2.24, 2.45) is 0 Å². The first kappa shape index (κ1) is 10.4. The highest BCUT2D eigenvalue weighted by Crippen LogP contribution is 2.27. The van der Waals surface area contributed by atoms with E-state index in [1.807, 2.05) is 6.07 Å². The summed E-state index contributed by atoms with van der Waals surface area (Å²) in [4.78, 5) is 3.97. The van der Waals surface area contributed by atoms with Gasteiger partial charge in [0.15, 0.2) is 11.3 Å². The molecule has 0 bridgehead atoms. The van der Waals surface area contributed by atoms with Crippen molar-refractivity contribution in [2.45, 2.75) is 18.6 Å². The Morgan fingerprint density at radius 3 is 3.24 bits per heavy atom. The molecule has 2 atom stereocenters. The van der Waals surface area contributed by atoms with E-state index in [1.165, 1.54) is 0 Å². The Hall–Kier alpha value is -1.73. The van der Waals surface area contributed by atoms with Gasteiger partial charge in [0.2, 0.25) is 0 Å². The second-order valence-corrected chi connectivity index (χ2v) is 4.13. The summed E-state index contributed by atoms with van der Waals surface area (Å²) in [7, 11) is 0. The monoisotopic (exact) mass is 235 g/mol. The zero-order chi connectivity index (χ0) is 11.8. The molecule has 3 N–H and O–H groups in total. The molecular formula is C10H13N5O2. The molecule has 0 aromatic carbocycles. The van der Waals surface area contributed by atoms with Crippen LogP contribution in [0.1, 0.15) is 12.5 Å². The third-order valence-electron chi connectivity index (χ3n) is 3.03. The van der Waals surface area contributed by atoms with E-state index in [0.717, 1.165) is 11.9 Å². The molecule has 0 spiro atoms. The number of hydrogen-bond donors (Lipinski definition) is 2. The number of hydrogen-bond acceptors (Lipinski definition) is 6. The van der Waals surface area contributed by atoms with Crippen LogP contribution in [-0.4, -0.2) is 44.4 Å². The molecule has 0 aliphatic carbocycles. The summed E-state index contributed by atoms with van der Waals surface area (Å²) >= 11 is 0. The van der Waals surface area contributed by atoms with Gasteiger partial charge in [0, 0.05) is 12.6 Å². The van der Waals surface area contributed by atoms with Gasteiger partial charge in [0.1, 0.15) is 0 Å². The van der Waals surface area contributed by atoms with Crippen molar-refractivity contribution in [1.82, 2.24) is 20.0 Å². The molecule has 3 rings (SSSR count). The third kappa shape index (κ3) is 1.63. The van der Waals surface area contributed by atoms with Crippen LogP contribution in [0.3, 0.4) is 0 Å². The fourth-order valence-corrected chi connectivity index (χ4v) is 2.14. The molecule has 1 aliphatic heterocycles. The van der Waals surface area contributed by atoms with Crippen LogP contribution >= 0.6 is 0 Å². The number of nitrogens with zero attached hydrogens (tertiary/aromatic N) is 4. The highest BCUT2D eigenvalue weighted by molar-refractivity contribution is 5.83. The van der Waals surface area contributed by atoms with Crippen molar-refractivity contribution in [2.75, 3.05) is 18.9 Å². The van der Waals surface area contributed by atoms with Gasteiger partial charge in [0.25, 0.3) is 0 Å². The number of aromatic nitrogens is 4. The third-order valence-corrected chi connectivity index (χ3v) is 3.03. The fourth-order valence-electron chi connectivity index (χ4n) is 2.14. The summed E-state index contributed by atoms with van der Waals surface area (Å²) in [6, 6.07) is 1.93. The molecule has 90 valence electrons. The first-order chi connectivity index (χ1) is 8.29. The number of rotatable bonds is 2. The maximum absolute atomic E-state index is 9.04. The van der Waals surface area contributed by atoms with Gasteiger partial charge in [-0.15, -0.1) is 5.10 Å². The van der Waals surface area contributed by atoms with E-state index in [2.05, 4.69) is 15.3 Å². The Morgan fingerprint density at radius 1 is 1.59 bits per heavy atom. The molecule has 0 unspecified atom stereocenters. The number of ether oxygens (including phenoxy) is 1. The fraction of sp³-hybridized carbons (Fsp3) is 0.500. The highest BCUT2D eigenvalue weighted by atomic mass is 16.5. The Kier molecular flexibility index (Phi) is 2.41. The van der Waals surface area contributed by atoms with Gasteiger partial charge in [-0.25, -0.2) is 9.67 Å². The number of aliphatic hydroxyl groups excluding tert-OH is 1. The Morgan fingerprint density at radius 2 is 2.47 bits per heavy atom. The Labute approximate surface area is 97.2 Å². The molecule has 7 heteroatoms. The quantitative estimate of drug-likeness (QED) is 0.743. The van der Waals surface area contributed by atoms with Crippen LogP contribution < -0.4 is 5.73 Å². The number of pyridine rings is 1. The van der Waals surface area contributed by atoms with E-state index in [4.69, 9.17) is 15.6 Å². The standard InChI is InChI=1S/C10H13N5O2/c11-10-9-8(1-2-12-10)15(14-13-9)6-3-7(4-16)17-5-6/h1-2,6-7,16H,3-5H2,(H2,11,12)/t6-,7-/m1/s1. The van der Waals surface area contributed by atoms with Crippen LogP contribution in [0, 0.1) is 0 Å². The van der Waals surface area contributed by atoms with Gasteiger partial charge >= 0.3 is 0 Å². The van der Waals surface area contributed by atoms with E-state index < -0.39 is 0 Å². The van der Waals surface area contributed by atoms with Crippen molar-refractivity contribution in [3.8, 4) is 0 Å². The number of nitrogens with two attached hydrogens (primary N) is 1. The molecule has 2 aromatic heterocycles. The van der Waals surface area contributed by atoms with Crippen LogP contribution in [0.4, 0.5) is 5.82 Å². The molecule has 0 amide bonds. The highest BCUT2D eigenvalue weighted by Gasteiger charge is 2.28. The van der Waals surface area contributed by atoms with E-state index in [9.17, 15) is 0 Å². The largest absolute Gasteiger partial charge is 0.394 e. The van der Waals surface area contributed by atoms with Crippen molar-refractivity contribution in [1.29, 1.82) is 0 Å². The van der Waals surface area contributed by atoms with E-state index >= 15 is 0 Å². The summed E-state index contributed by atoms with van der Waals surface area (Å²) in [5.41, 5.74) is 7.19. The van der Waals surface area contributed by atoms with Crippen LogP contribution in [0.15, 0.2) is 12.3 Å². The van der Waals surface area contributed by atoms with Crippen LogP contribution in [0.2, 0.25) is 0 Å². The maximum atomic E-state index is 9.04. The van der Waals surface area contributed by atoms with Crippen LogP contribution in [0.25, 0.3) is 11.0 Å². The minimum absolute atomic E-state index is 0.0345. The molecule has 2 aromatic rings. The summed E-state index contributed by atoms with van der Waals surface area (Å²) < 4.78 is 7.23. The van der Waals surface area contributed by atoms with Gasteiger partial charge in [0.05, 0.1) is 30.9 Å². The van der Waals surface area contributed by atoms with Crippen molar-refractivity contribution >= 4 is 16.9 Å². The predicted octanol–water partition coefficient (Wildman–Crippen LogP) is -0.269. The smallest absolute Gasteiger partial charge is 0.155 e. The van der Waals surface area contributed by atoms with Gasteiger partial charge in [-0.3, -0.25) is 0 Å². The molecule has 7 nitrogen and oxygen atoms in total. The minimum atomic E-state index is -0.113. The lowest BCUT2D eigenvalue weighted by atomic mass is 10.2. The van der Waals surface area contributed by atoms with E-state index in [-0.39, 0.29) is 18.8 Å². The van der Waals surface area contributed by atoms with E-state index in [0.29, 0.717) is 17.9 Å². The van der Waals surface area contributed by atoms with Gasteiger partial charge in [-0.2, -0.15) is 0 Å². The average Bonchev–Trinajstić information content (AvgIpc) is 2.94. The topological polar surface area (TPSA) is 99.1 Å². The van der Waals surface area contributed by atoms with Gasteiger partial charge in [-0.1, -0.05) is 5.21 Å². The number of anilines is 1. The lowest BCUT2D eigenvalue weighted by Gasteiger charge is -2.08. The van der Waals surface area contributed by atoms with Crippen molar-refractivity contribution < 1.29 is 9.84 Å². The molecule has 3 heterocycles. The SMILES string of the molecule is Nc1nccc2c1nnn2[C@H]1CO[C@@H](CO)C1. The summed E-state index contributed by atoms with van der Waals surface area (Å²) in [6.45, 7) is 0.568. The lowest BCUT2D eigenvalue weighted by molar-refractivity contribution is 0.0573. The van der Waals surface area contributed by atoms with E-state index in [1.54, 1.807) is 10.9 Å². The normalized spacial score (nSPS) is 24.5. The molecule has 0 radical (unpaired) electrons. The number of nitrogen functional groups attached to an aromatic ring is 1.